The Morgan fingerprint density at radius 3 is 2.05 bits per heavy atom. The molecule has 2 heteroatoms. The monoisotopic (exact) mass is 280 g/mol. The molecule has 0 N–H and O–H groups in total. The molecule has 0 aliphatic carbocycles. The van der Waals surface area contributed by atoms with E-state index in [0.29, 0.717) is 12.5 Å². The van der Waals surface area contributed by atoms with Crippen molar-refractivity contribution in [3.8, 4) is 5.75 Å². The van der Waals surface area contributed by atoms with Gasteiger partial charge in [-0.2, -0.15) is 0 Å². The summed E-state index contributed by atoms with van der Waals surface area (Å²) in [6, 6.07) is 8.47. The molecule has 0 saturated heterocycles. The Morgan fingerprint density at radius 1 is 1.00 bits per heavy atom. The van der Waals surface area contributed by atoms with Crippen molar-refractivity contribution >= 4 is 0 Å². The number of benzene rings is 1. The van der Waals surface area contributed by atoms with Crippen LogP contribution < -0.4 is 4.74 Å². The fourth-order valence-corrected chi connectivity index (χ4v) is 2.39. The van der Waals surface area contributed by atoms with E-state index >= 15 is 0 Å². The van der Waals surface area contributed by atoms with Crippen LogP contribution in [-0.2, 0) is 4.74 Å². The van der Waals surface area contributed by atoms with Gasteiger partial charge in [-0.25, -0.2) is 0 Å². The summed E-state index contributed by atoms with van der Waals surface area (Å²) in [5, 5.41) is 0. The third-order valence-corrected chi connectivity index (χ3v) is 3.30. The molecule has 2 unspecified atom stereocenters. The molecule has 1 aromatic rings. The molecule has 1 aromatic carbocycles. The van der Waals surface area contributed by atoms with Crippen molar-refractivity contribution in [2.24, 2.45) is 5.92 Å². The van der Waals surface area contributed by atoms with Gasteiger partial charge in [0, 0.05) is 6.61 Å². The summed E-state index contributed by atoms with van der Waals surface area (Å²) in [5.41, 5.74) is 1.41. The molecule has 116 valence electrons. The maximum Gasteiger partial charge on any atom is 0.196 e. The standard InChI is InChI=1S/C17H28O2.CH4/c1-6-15(12-13(3)4)16-8-10-17(11-9-16)19-14(5)18-7-2;/h8-11,13-15H,6-7,12H2,1-5H3;1H4. The summed E-state index contributed by atoms with van der Waals surface area (Å²) < 4.78 is 11.1. The molecule has 2 atom stereocenters. The molecule has 0 aliphatic heterocycles. The van der Waals surface area contributed by atoms with Gasteiger partial charge in [0.1, 0.15) is 5.75 Å². The first-order chi connectivity index (χ1) is 9.06. The minimum atomic E-state index is -0.187. The molecule has 2 nitrogen and oxygen atoms in total. The first kappa shape index (κ1) is 19.0. The Kier molecular flexibility index (Phi) is 9.32. The Hall–Kier alpha value is -1.02. The second kappa shape index (κ2) is 9.82. The molecule has 0 saturated carbocycles. The van der Waals surface area contributed by atoms with Crippen LogP contribution in [0.15, 0.2) is 24.3 Å². The minimum absolute atomic E-state index is 0. The second-order valence-corrected chi connectivity index (χ2v) is 5.44. The normalized spacial score (nSPS) is 13.7. The van der Waals surface area contributed by atoms with Gasteiger partial charge in [0.25, 0.3) is 0 Å². The molecular weight excluding hydrogens is 248 g/mol. The summed E-state index contributed by atoms with van der Waals surface area (Å²) in [4.78, 5) is 0. The lowest BCUT2D eigenvalue weighted by Gasteiger charge is -2.19. The van der Waals surface area contributed by atoms with E-state index in [1.54, 1.807) is 0 Å². The maximum atomic E-state index is 5.68. The fraction of sp³-hybridized carbons (Fsp3) is 0.667. The maximum absolute atomic E-state index is 5.68. The predicted octanol–water partition coefficient (Wildman–Crippen LogP) is 5.62. The topological polar surface area (TPSA) is 18.5 Å². The van der Waals surface area contributed by atoms with Crippen molar-refractivity contribution in [3.63, 3.8) is 0 Å². The fourth-order valence-electron chi connectivity index (χ4n) is 2.39. The van der Waals surface area contributed by atoms with Gasteiger partial charge in [-0.1, -0.05) is 40.3 Å². The van der Waals surface area contributed by atoms with Crippen molar-refractivity contribution < 1.29 is 9.47 Å². The number of hydrogen-bond acceptors (Lipinski definition) is 2. The van der Waals surface area contributed by atoms with Crippen LogP contribution in [0.2, 0.25) is 0 Å². The number of ether oxygens (including phenoxy) is 2. The predicted molar refractivity (Wildman–Crippen MR) is 87.4 cm³/mol. The van der Waals surface area contributed by atoms with Gasteiger partial charge in [-0.05, 0) is 56.2 Å². The summed E-state index contributed by atoms with van der Waals surface area (Å²) in [6.07, 6.45) is 2.24. The van der Waals surface area contributed by atoms with Crippen molar-refractivity contribution in [3.05, 3.63) is 29.8 Å². The van der Waals surface area contributed by atoms with Gasteiger partial charge in [-0.15, -0.1) is 0 Å². The van der Waals surface area contributed by atoms with E-state index < -0.39 is 0 Å². The average molecular weight is 280 g/mol. The lowest BCUT2D eigenvalue weighted by molar-refractivity contribution is -0.0613. The second-order valence-electron chi connectivity index (χ2n) is 5.44. The molecule has 20 heavy (non-hydrogen) atoms. The van der Waals surface area contributed by atoms with Gasteiger partial charge >= 0.3 is 0 Å². The van der Waals surface area contributed by atoms with E-state index in [-0.39, 0.29) is 13.7 Å². The van der Waals surface area contributed by atoms with E-state index in [0.717, 1.165) is 11.7 Å². The zero-order valence-electron chi connectivity index (χ0n) is 13.0. The summed E-state index contributed by atoms with van der Waals surface area (Å²) >= 11 is 0. The highest BCUT2D eigenvalue weighted by atomic mass is 16.7. The van der Waals surface area contributed by atoms with Crippen LogP contribution in [0.4, 0.5) is 0 Å². The molecule has 0 amide bonds. The van der Waals surface area contributed by atoms with Crippen LogP contribution in [0, 0.1) is 5.92 Å². The number of hydrogen-bond donors (Lipinski definition) is 0. The molecule has 0 bridgehead atoms. The molecular formula is C18H32O2. The summed E-state index contributed by atoms with van der Waals surface area (Å²) in [5.74, 6) is 2.27. The molecule has 0 spiro atoms. The van der Waals surface area contributed by atoms with Crippen LogP contribution in [0.5, 0.6) is 5.75 Å². The van der Waals surface area contributed by atoms with Crippen molar-refractivity contribution in [1.29, 1.82) is 0 Å². The average Bonchev–Trinajstić information content (AvgIpc) is 2.37. The third-order valence-electron chi connectivity index (χ3n) is 3.30. The summed E-state index contributed by atoms with van der Waals surface area (Å²) in [6.45, 7) is 11.4. The quantitative estimate of drug-likeness (QED) is 0.575. The van der Waals surface area contributed by atoms with Crippen LogP contribution in [0.1, 0.15) is 66.4 Å². The van der Waals surface area contributed by atoms with E-state index in [2.05, 4.69) is 32.9 Å². The molecule has 0 heterocycles. The highest BCUT2D eigenvalue weighted by molar-refractivity contribution is 5.29. The number of rotatable bonds is 8. The van der Waals surface area contributed by atoms with Gasteiger partial charge in [0.05, 0.1) is 0 Å². The highest BCUT2D eigenvalue weighted by Crippen LogP contribution is 2.28. The molecule has 0 radical (unpaired) electrons. The molecule has 0 fully saturated rings. The van der Waals surface area contributed by atoms with Crippen LogP contribution in [0.25, 0.3) is 0 Å². The van der Waals surface area contributed by atoms with Crippen LogP contribution >= 0.6 is 0 Å². The van der Waals surface area contributed by atoms with E-state index in [4.69, 9.17) is 9.47 Å². The van der Waals surface area contributed by atoms with Crippen molar-refractivity contribution in [2.75, 3.05) is 6.61 Å². The largest absolute Gasteiger partial charge is 0.465 e. The highest BCUT2D eigenvalue weighted by Gasteiger charge is 2.11. The van der Waals surface area contributed by atoms with Gasteiger partial charge in [-0.3, -0.25) is 0 Å². The summed E-state index contributed by atoms with van der Waals surface area (Å²) in [7, 11) is 0. The Balaban J connectivity index is 0.00000361. The lowest BCUT2D eigenvalue weighted by Crippen LogP contribution is -2.15. The van der Waals surface area contributed by atoms with Gasteiger partial charge < -0.3 is 9.47 Å². The first-order valence-corrected chi connectivity index (χ1v) is 7.45. The Bertz CT molecular complexity index is 343. The minimum Gasteiger partial charge on any atom is -0.465 e. The first-order valence-electron chi connectivity index (χ1n) is 7.45. The lowest BCUT2D eigenvalue weighted by atomic mass is 9.88. The van der Waals surface area contributed by atoms with Crippen LogP contribution in [-0.4, -0.2) is 12.9 Å². The van der Waals surface area contributed by atoms with Crippen molar-refractivity contribution in [2.45, 2.75) is 67.1 Å². The molecule has 1 rings (SSSR count). The molecule has 0 aliphatic rings. The smallest absolute Gasteiger partial charge is 0.196 e. The Labute approximate surface area is 125 Å². The van der Waals surface area contributed by atoms with E-state index in [9.17, 15) is 0 Å². The third kappa shape index (κ3) is 6.42. The van der Waals surface area contributed by atoms with E-state index in [1.807, 2.05) is 26.0 Å². The van der Waals surface area contributed by atoms with Gasteiger partial charge in [0.2, 0.25) is 0 Å². The van der Waals surface area contributed by atoms with Crippen LogP contribution in [0.3, 0.4) is 0 Å². The molecule has 0 aromatic heterocycles. The van der Waals surface area contributed by atoms with Gasteiger partial charge in [0.15, 0.2) is 6.29 Å². The van der Waals surface area contributed by atoms with Crippen molar-refractivity contribution in [1.82, 2.24) is 0 Å². The SMILES string of the molecule is C.CCOC(C)Oc1ccc(C(CC)CC(C)C)cc1. The Morgan fingerprint density at radius 2 is 1.60 bits per heavy atom. The zero-order chi connectivity index (χ0) is 14.3. The zero-order valence-corrected chi connectivity index (χ0v) is 13.0. The van der Waals surface area contributed by atoms with E-state index in [1.165, 1.54) is 18.4 Å².